The third kappa shape index (κ3) is 2.03. The fraction of sp³-hybridized carbons (Fsp3) is 0.333. The van der Waals surface area contributed by atoms with Gasteiger partial charge in [-0.15, -0.1) is 11.3 Å². The Morgan fingerprint density at radius 2 is 2.00 bits per heavy atom. The van der Waals surface area contributed by atoms with Crippen molar-refractivity contribution in [1.29, 1.82) is 0 Å². The highest BCUT2D eigenvalue weighted by Gasteiger charge is 2.19. The van der Waals surface area contributed by atoms with Gasteiger partial charge in [-0.1, -0.05) is 11.6 Å². The van der Waals surface area contributed by atoms with E-state index >= 15 is 0 Å². The normalized spacial score (nSPS) is 13.1. The highest BCUT2D eigenvalue weighted by Crippen LogP contribution is 2.35. The highest BCUT2D eigenvalue weighted by atomic mass is 35.5. The lowest BCUT2D eigenvalue weighted by Crippen LogP contribution is -1.96. The number of thiophene rings is 1. The molecule has 4 heteroatoms. The molecule has 2 heterocycles. The molecule has 0 saturated carbocycles. The largest absolute Gasteiger partial charge is 0.466 e. The molecule has 1 atom stereocenters. The average Bonchev–Trinajstić information content (AvgIpc) is 2.70. The fourth-order valence-electron chi connectivity index (χ4n) is 1.69. The summed E-state index contributed by atoms with van der Waals surface area (Å²) in [5.74, 6) is 1.57. The maximum Gasteiger partial charge on any atom is 0.117 e. The van der Waals surface area contributed by atoms with Gasteiger partial charge in [0.2, 0.25) is 0 Å². The second-order valence-electron chi connectivity index (χ2n) is 3.88. The number of aryl methyl sites for hydroxylation is 3. The van der Waals surface area contributed by atoms with Crippen molar-refractivity contribution in [1.82, 2.24) is 0 Å². The molecule has 0 saturated heterocycles. The summed E-state index contributed by atoms with van der Waals surface area (Å²) in [5, 5.41) is 10.2. The van der Waals surface area contributed by atoms with Crippen LogP contribution in [-0.4, -0.2) is 5.11 Å². The van der Waals surface area contributed by atoms with Crippen LogP contribution in [-0.2, 0) is 0 Å². The first-order valence-corrected chi connectivity index (χ1v) is 6.19. The van der Waals surface area contributed by atoms with Crippen LogP contribution in [0.4, 0.5) is 0 Å². The molecule has 2 aromatic rings. The van der Waals surface area contributed by atoms with Gasteiger partial charge in [0, 0.05) is 10.4 Å². The van der Waals surface area contributed by atoms with Crippen LogP contribution in [0.5, 0.6) is 0 Å². The first-order chi connectivity index (χ1) is 7.49. The van der Waals surface area contributed by atoms with Gasteiger partial charge in [0.15, 0.2) is 0 Å². The van der Waals surface area contributed by atoms with Gasteiger partial charge in [-0.05, 0) is 38.5 Å². The van der Waals surface area contributed by atoms with Crippen molar-refractivity contribution in [3.63, 3.8) is 0 Å². The van der Waals surface area contributed by atoms with Crippen LogP contribution in [0.1, 0.15) is 33.6 Å². The second-order valence-corrected chi connectivity index (χ2v) is 5.56. The van der Waals surface area contributed by atoms with Crippen LogP contribution >= 0.6 is 22.9 Å². The maximum absolute atomic E-state index is 10.2. The molecule has 2 aromatic heterocycles. The van der Waals surface area contributed by atoms with Gasteiger partial charge < -0.3 is 9.52 Å². The quantitative estimate of drug-likeness (QED) is 0.881. The van der Waals surface area contributed by atoms with E-state index in [4.69, 9.17) is 16.0 Å². The standard InChI is InChI=1S/C12H13ClO2S/c1-6-4-10(16-12(6)13)11(14)9-5-7(2)15-8(9)3/h4-5,11,14H,1-3H3. The highest BCUT2D eigenvalue weighted by molar-refractivity contribution is 7.16. The number of halogens is 1. The van der Waals surface area contributed by atoms with Crippen LogP contribution in [0.3, 0.4) is 0 Å². The first-order valence-electron chi connectivity index (χ1n) is 5.00. The maximum atomic E-state index is 10.2. The SMILES string of the molecule is Cc1cc(C(O)c2cc(C)c(Cl)s2)c(C)o1. The molecule has 0 radical (unpaired) electrons. The van der Waals surface area contributed by atoms with Gasteiger partial charge >= 0.3 is 0 Å². The Morgan fingerprint density at radius 1 is 1.31 bits per heavy atom. The van der Waals surface area contributed by atoms with E-state index < -0.39 is 6.10 Å². The lowest BCUT2D eigenvalue weighted by atomic mass is 10.1. The van der Waals surface area contributed by atoms with Crippen molar-refractivity contribution in [2.24, 2.45) is 0 Å². The molecule has 1 N–H and O–H groups in total. The van der Waals surface area contributed by atoms with E-state index in [-0.39, 0.29) is 0 Å². The summed E-state index contributed by atoms with van der Waals surface area (Å²) >= 11 is 7.40. The van der Waals surface area contributed by atoms with Crippen molar-refractivity contribution in [2.75, 3.05) is 0 Å². The Morgan fingerprint density at radius 3 is 2.44 bits per heavy atom. The molecule has 2 rings (SSSR count). The molecular weight excluding hydrogens is 244 g/mol. The third-order valence-electron chi connectivity index (χ3n) is 2.52. The molecule has 0 aliphatic carbocycles. The minimum absolute atomic E-state index is 0.645. The lowest BCUT2D eigenvalue weighted by Gasteiger charge is -2.06. The Hall–Kier alpha value is -0.770. The van der Waals surface area contributed by atoms with E-state index in [2.05, 4.69) is 0 Å². The van der Waals surface area contributed by atoms with Crippen LogP contribution in [0.15, 0.2) is 16.5 Å². The Kier molecular flexibility index (Phi) is 3.10. The topological polar surface area (TPSA) is 33.4 Å². The molecule has 0 aliphatic rings. The van der Waals surface area contributed by atoms with Gasteiger partial charge in [-0.2, -0.15) is 0 Å². The van der Waals surface area contributed by atoms with Gasteiger partial charge in [0.05, 0.1) is 4.34 Å². The molecule has 0 fully saturated rings. The summed E-state index contributed by atoms with van der Waals surface area (Å²) in [7, 11) is 0. The van der Waals surface area contributed by atoms with Crippen molar-refractivity contribution in [3.05, 3.63) is 44.0 Å². The minimum atomic E-state index is -0.645. The zero-order chi connectivity index (χ0) is 11.9. The molecule has 0 bridgehead atoms. The third-order valence-corrected chi connectivity index (χ3v) is 4.13. The Bertz CT molecular complexity index is 494. The number of aliphatic hydroxyl groups is 1. The summed E-state index contributed by atoms with van der Waals surface area (Å²) in [5.41, 5.74) is 1.81. The van der Waals surface area contributed by atoms with Gasteiger partial charge in [0.1, 0.15) is 17.6 Å². The number of furan rings is 1. The van der Waals surface area contributed by atoms with Crippen molar-refractivity contribution >= 4 is 22.9 Å². The second kappa shape index (κ2) is 4.24. The monoisotopic (exact) mass is 256 g/mol. The zero-order valence-electron chi connectivity index (χ0n) is 9.37. The fourth-order valence-corrected chi connectivity index (χ4v) is 2.92. The molecular formula is C12H13ClO2S. The minimum Gasteiger partial charge on any atom is -0.466 e. The Balaban J connectivity index is 2.38. The van der Waals surface area contributed by atoms with E-state index in [1.807, 2.05) is 32.9 Å². The molecule has 0 amide bonds. The van der Waals surface area contributed by atoms with E-state index in [1.54, 1.807) is 0 Å². The molecule has 86 valence electrons. The van der Waals surface area contributed by atoms with Crippen molar-refractivity contribution in [3.8, 4) is 0 Å². The lowest BCUT2D eigenvalue weighted by molar-refractivity contribution is 0.221. The zero-order valence-corrected chi connectivity index (χ0v) is 10.9. The van der Waals surface area contributed by atoms with Gasteiger partial charge in [-0.25, -0.2) is 0 Å². The summed E-state index contributed by atoms with van der Waals surface area (Å²) in [4.78, 5) is 0.853. The van der Waals surface area contributed by atoms with E-state index in [0.717, 1.165) is 31.9 Å². The summed E-state index contributed by atoms with van der Waals surface area (Å²) < 4.78 is 6.13. The molecule has 0 aromatic carbocycles. The number of hydrogen-bond donors (Lipinski definition) is 1. The van der Waals surface area contributed by atoms with E-state index in [1.165, 1.54) is 11.3 Å². The van der Waals surface area contributed by atoms with Gasteiger partial charge in [-0.3, -0.25) is 0 Å². The molecule has 16 heavy (non-hydrogen) atoms. The van der Waals surface area contributed by atoms with Crippen molar-refractivity contribution < 1.29 is 9.52 Å². The summed E-state index contributed by atoms with van der Waals surface area (Å²) in [6.07, 6.45) is -0.645. The number of hydrogen-bond acceptors (Lipinski definition) is 3. The van der Waals surface area contributed by atoms with Crippen LogP contribution in [0, 0.1) is 20.8 Å². The summed E-state index contributed by atoms with van der Waals surface area (Å²) in [6.45, 7) is 5.66. The molecule has 0 aliphatic heterocycles. The smallest absolute Gasteiger partial charge is 0.117 e. The predicted molar refractivity (Wildman–Crippen MR) is 66.3 cm³/mol. The molecule has 2 nitrogen and oxygen atoms in total. The summed E-state index contributed by atoms with van der Waals surface area (Å²) in [6, 6.07) is 3.78. The van der Waals surface area contributed by atoms with E-state index in [9.17, 15) is 5.11 Å². The van der Waals surface area contributed by atoms with Crippen molar-refractivity contribution in [2.45, 2.75) is 26.9 Å². The number of rotatable bonds is 2. The van der Waals surface area contributed by atoms with Gasteiger partial charge in [0.25, 0.3) is 0 Å². The van der Waals surface area contributed by atoms with Crippen LogP contribution in [0.25, 0.3) is 0 Å². The average molecular weight is 257 g/mol. The van der Waals surface area contributed by atoms with Crippen LogP contribution < -0.4 is 0 Å². The first kappa shape index (κ1) is 11.7. The van der Waals surface area contributed by atoms with E-state index in [0.29, 0.717) is 0 Å². The Labute approximate surface area is 103 Å². The molecule has 0 spiro atoms. The van der Waals surface area contributed by atoms with Crippen LogP contribution in [0.2, 0.25) is 4.34 Å². The predicted octanol–water partition coefficient (Wildman–Crippen LogP) is 4.00. The number of aliphatic hydroxyl groups excluding tert-OH is 1. The molecule has 1 unspecified atom stereocenters.